The molecule has 10 heavy (non-hydrogen) atoms. The summed E-state index contributed by atoms with van der Waals surface area (Å²) in [5, 5.41) is 0. The SMILES string of the molecule is CC1C(C=O)N1C(C)(C)C. The third-order valence-corrected chi connectivity index (χ3v) is 2.08. The molecule has 0 spiro atoms. The summed E-state index contributed by atoms with van der Waals surface area (Å²) >= 11 is 0. The Morgan fingerprint density at radius 1 is 1.40 bits per heavy atom. The van der Waals surface area contributed by atoms with Gasteiger partial charge in [-0.1, -0.05) is 0 Å². The van der Waals surface area contributed by atoms with Gasteiger partial charge in [-0.15, -0.1) is 0 Å². The predicted octanol–water partition coefficient (Wildman–Crippen LogP) is 1.06. The van der Waals surface area contributed by atoms with Crippen LogP contribution in [0.15, 0.2) is 0 Å². The number of carbonyl (C=O) groups is 1. The van der Waals surface area contributed by atoms with Crippen LogP contribution in [0, 0.1) is 0 Å². The molecule has 0 aliphatic carbocycles. The summed E-state index contributed by atoms with van der Waals surface area (Å²) in [4.78, 5) is 12.6. The predicted molar refractivity (Wildman–Crippen MR) is 40.9 cm³/mol. The highest BCUT2D eigenvalue weighted by Crippen LogP contribution is 2.34. The molecule has 1 aliphatic rings. The Kier molecular flexibility index (Phi) is 1.59. The van der Waals surface area contributed by atoms with Gasteiger partial charge in [0.05, 0.1) is 6.04 Å². The molecule has 0 saturated carbocycles. The average Bonchev–Trinajstić information content (AvgIpc) is 2.39. The molecule has 1 aliphatic heterocycles. The van der Waals surface area contributed by atoms with Gasteiger partial charge < -0.3 is 4.79 Å². The first-order valence-corrected chi connectivity index (χ1v) is 3.72. The summed E-state index contributed by atoms with van der Waals surface area (Å²) < 4.78 is 0. The van der Waals surface area contributed by atoms with Crippen LogP contribution in [0.5, 0.6) is 0 Å². The lowest BCUT2D eigenvalue weighted by molar-refractivity contribution is -0.108. The van der Waals surface area contributed by atoms with Crippen molar-refractivity contribution in [2.75, 3.05) is 0 Å². The van der Waals surface area contributed by atoms with E-state index in [9.17, 15) is 4.79 Å². The van der Waals surface area contributed by atoms with Crippen molar-refractivity contribution in [2.24, 2.45) is 0 Å². The van der Waals surface area contributed by atoms with Crippen LogP contribution in [-0.4, -0.2) is 28.8 Å². The van der Waals surface area contributed by atoms with E-state index < -0.39 is 0 Å². The maximum atomic E-state index is 10.4. The van der Waals surface area contributed by atoms with Gasteiger partial charge in [0, 0.05) is 11.6 Å². The summed E-state index contributed by atoms with van der Waals surface area (Å²) in [6, 6.07) is 0.637. The fraction of sp³-hybridized carbons (Fsp3) is 0.875. The average molecular weight is 141 g/mol. The van der Waals surface area contributed by atoms with E-state index in [1.807, 2.05) is 0 Å². The number of rotatable bonds is 1. The Hall–Kier alpha value is -0.370. The number of carbonyl (C=O) groups excluding carboxylic acids is 1. The Morgan fingerprint density at radius 2 is 1.90 bits per heavy atom. The van der Waals surface area contributed by atoms with Crippen molar-refractivity contribution in [1.82, 2.24) is 4.90 Å². The Balaban J connectivity index is 2.56. The lowest BCUT2D eigenvalue weighted by Gasteiger charge is -2.20. The van der Waals surface area contributed by atoms with Gasteiger partial charge in [0.2, 0.25) is 0 Å². The molecule has 1 heterocycles. The van der Waals surface area contributed by atoms with Crippen molar-refractivity contribution in [3.05, 3.63) is 0 Å². The highest BCUT2D eigenvalue weighted by molar-refractivity contribution is 5.64. The molecule has 0 N–H and O–H groups in total. The molecule has 1 saturated heterocycles. The standard InChI is InChI=1S/C8H15NO/c1-6-7(5-10)9(6)8(2,3)4/h5-7H,1-4H3. The van der Waals surface area contributed by atoms with Crippen LogP contribution in [0.3, 0.4) is 0 Å². The summed E-state index contributed by atoms with van der Waals surface area (Å²) in [5.41, 5.74) is 0.158. The van der Waals surface area contributed by atoms with Crippen molar-refractivity contribution >= 4 is 6.29 Å². The van der Waals surface area contributed by atoms with Gasteiger partial charge in [0.25, 0.3) is 0 Å². The van der Waals surface area contributed by atoms with Crippen molar-refractivity contribution in [3.63, 3.8) is 0 Å². The second-order valence-electron chi connectivity index (χ2n) is 3.95. The molecule has 0 amide bonds. The number of hydrogen-bond donors (Lipinski definition) is 0. The fourth-order valence-electron chi connectivity index (χ4n) is 1.61. The van der Waals surface area contributed by atoms with Crippen molar-refractivity contribution in [3.8, 4) is 0 Å². The largest absolute Gasteiger partial charge is 0.302 e. The summed E-state index contributed by atoms with van der Waals surface area (Å²) in [7, 11) is 0. The second-order valence-corrected chi connectivity index (χ2v) is 3.95. The monoisotopic (exact) mass is 141 g/mol. The first kappa shape index (κ1) is 7.73. The molecule has 0 radical (unpaired) electrons. The third-order valence-electron chi connectivity index (χ3n) is 2.08. The Labute approximate surface area is 62.2 Å². The summed E-state index contributed by atoms with van der Waals surface area (Å²) in [5.74, 6) is 0. The van der Waals surface area contributed by atoms with Gasteiger partial charge >= 0.3 is 0 Å². The number of nitrogens with zero attached hydrogens (tertiary/aromatic N) is 1. The molecule has 58 valence electrons. The van der Waals surface area contributed by atoms with Gasteiger partial charge in [0.1, 0.15) is 6.29 Å². The topological polar surface area (TPSA) is 20.1 Å². The van der Waals surface area contributed by atoms with Crippen molar-refractivity contribution < 1.29 is 4.79 Å². The second kappa shape index (κ2) is 2.06. The van der Waals surface area contributed by atoms with Gasteiger partial charge in [0.15, 0.2) is 0 Å². The van der Waals surface area contributed by atoms with E-state index in [1.165, 1.54) is 0 Å². The van der Waals surface area contributed by atoms with E-state index in [-0.39, 0.29) is 11.6 Å². The number of hydrogen-bond acceptors (Lipinski definition) is 2. The van der Waals surface area contributed by atoms with E-state index in [0.29, 0.717) is 6.04 Å². The van der Waals surface area contributed by atoms with E-state index in [0.717, 1.165) is 6.29 Å². The number of aldehydes is 1. The van der Waals surface area contributed by atoms with Crippen LogP contribution >= 0.6 is 0 Å². The molecule has 3 atom stereocenters. The third kappa shape index (κ3) is 1.08. The maximum Gasteiger partial charge on any atom is 0.138 e. The first-order chi connectivity index (χ1) is 4.48. The molecule has 0 bridgehead atoms. The van der Waals surface area contributed by atoms with Crippen LogP contribution in [0.25, 0.3) is 0 Å². The Morgan fingerprint density at radius 3 is 2.00 bits per heavy atom. The molecular weight excluding hydrogens is 126 g/mol. The quantitative estimate of drug-likeness (QED) is 0.402. The molecule has 2 nitrogen and oxygen atoms in total. The normalized spacial score (nSPS) is 39.4. The summed E-state index contributed by atoms with van der Waals surface area (Å²) in [6.45, 7) is 8.48. The van der Waals surface area contributed by atoms with Crippen LogP contribution in [0.1, 0.15) is 27.7 Å². The molecule has 0 aromatic heterocycles. The van der Waals surface area contributed by atoms with Crippen LogP contribution in [0.4, 0.5) is 0 Å². The minimum absolute atomic E-state index is 0.158. The Bertz CT molecular complexity index is 148. The molecular formula is C8H15NO. The van der Waals surface area contributed by atoms with Gasteiger partial charge in [-0.05, 0) is 27.7 Å². The van der Waals surface area contributed by atoms with Crippen LogP contribution in [0.2, 0.25) is 0 Å². The lowest BCUT2D eigenvalue weighted by Crippen LogP contribution is -2.28. The van der Waals surface area contributed by atoms with Gasteiger partial charge in [-0.3, -0.25) is 4.90 Å². The minimum Gasteiger partial charge on any atom is -0.302 e. The molecule has 0 aromatic rings. The molecule has 1 rings (SSSR count). The molecule has 1 fully saturated rings. The highest BCUT2D eigenvalue weighted by Gasteiger charge is 2.49. The molecule has 2 heteroatoms. The van der Waals surface area contributed by atoms with E-state index in [1.54, 1.807) is 0 Å². The zero-order valence-corrected chi connectivity index (χ0v) is 7.09. The van der Waals surface area contributed by atoms with Gasteiger partial charge in [-0.2, -0.15) is 0 Å². The maximum absolute atomic E-state index is 10.4. The van der Waals surface area contributed by atoms with E-state index in [2.05, 4.69) is 32.6 Å². The highest BCUT2D eigenvalue weighted by atomic mass is 16.1. The minimum atomic E-state index is 0.158. The fourth-order valence-corrected chi connectivity index (χ4v) is 1.61. The van der Waals surface area contributed by atoms with Crippen LogP contribution in [-0.2, 0) is 4.79 Å². The van der Waals surface area contributed by atoms with Gasteiger partial charge in [-0.25, -0.2) is 0 Å². The zero-order chi connectivity index (χ0) is 7.94. The molecule has 3 unspecified atom stereocenters. The molecule has 0 aromatic carbocycles. The van der Waals surface area contributed by atoms with E-state index in [4.69, 9.17) is 0 Å². The van der Waals surface area contributed by atoms with Crippen molar-refractivity contribution in [2.45, 2.75) is 45.3 Å². The zero-order valence-electron chi connectivity index (χ0n) is 7.09. The van der Waals surface area contributed by atoms with E-state index >= 15 is 0 Å². The first-order valence-electron chi connectivity index (χ1n) is 3.72. The smallest absolute Gasteiger partial charge is 0.138 e. The van der Waals surface area contributed by atoms with Crippen molar-refractivity contribution in [1.29, 1.82) is 0 Å². The summed E-state index contributed by atoms with van der Waals surface area (Å²) in [6.07, 6.45) is 1.04. The lowest BCUT2D eigenvalue weighted by atomic mass is 10.1. The van der Waals surface area contributed by atoms with Crippen LogP contribution < -0.4 is 0 Å².